The van der Waals surface area contributed by atoms with Gasteiger partial charge in [-0.2, -0.15) is 0 Å². The second kappa shape index (κ2) is 22.5. The standard InChI is InChI=1S/C57H69N11O7S/c1-34(2)53(57(71)67-32-43(69)25-49(67)56(70)61-35(3)37-10-12-39(13-11-37)54-36(4)60-33-76-54)50-29-52(64-75-50)72-23-22-65-20-17-44(18-21-65)73-45-26-46(27-45)74-51-24-40(16-19-59-51)68-41-14-15-42(68)31-66(30-41)48-28-47(62-63-55(48)58)38-8-6-5-7-9-38/h5-13,16,19,24,28-29,33-35,41-46,49,53,69H,14-15,17-18,20-23,25-27,30-32H2,1-4H3,(H2,58,63)(H,61,70)/t35-,41?,42?,43+,45?,46?,49-,53-/m0/s1. The van der Waals surface area contributed by atoms with Crippen LogP contribution in [0.3, 0.4) is 0 Å². The Kier molecular flexibility index (Phi) is 15.2. The van der Waals surface area contributed by atoms with Crippen LogP contribution in [0.5, 0.6) is 11.8 Å². The van der Waals surface area contributed by atoms with Crippen molar-refractivity contribution in [1.29, 1.82) is 0 Å². The Bertz CT molecular complexity index is 2930. The van der Waals surface area contributed by atoms with Crippen molar-refractivity contribution in [3.05, 3.63) is 108 Å². The molecular weight excluding hydrogens is 983 g/mol. The third kappa shape index (κ3) is 11.2. The number of carbonyl (C=O) groups excluding carboxylic acids is 2. The summed E-state index contributed by atoms with van der Waals surface area (Å²) in [7, 11) is 0. The largest absolute Gasteiger partial charge is 0.474 e. The number of piperazine rings is 1. The van der Waals surface area contributed by atoms with Crippen molar-refractivity contribution in [3.63, 3.8) is 0 Å². The minimum Gasteiger partial charge on any atom is -0.474 e. The number of fused-ring (bicyclic) bond motifs is 2. The zero-order valence-corrected chi connectivity index (χ0v) is 44.6. The summed E-state index contributed by atoms with van der Waals surface area (Å²) >= 11 is 1.59. The molecule has 1 saturated carbocycles. The topological polar surface area (TPSA) is 211 Å². The van der Waals surface area contributed by atoms with Crippen molar-refractivity contribution in [1.82, 2.24) is 40.4 Å². The Morgan fingerprint density at radius 1 is 0.855 bits per heavy atom. The maximum absolute atomic E-state index is 14.2. The lowest BCUT2D eigenvalue weighted by molar-refractivity contribution is -0.141. The highest BCUT2D eigenvalue weighted by atomic mass is 32.1. The SMILES string of the molecule is Cc1ncsc1-c1ccc([C@H](C)NC(=O)[C@@H]2C[C@@H](O)CN2C(=O)[C@H](c2cc(OCCN3CCC(OC4CC(Oc5cc(N6C7CCC6CN(c6cc(-c8ccccc8)nnc6N)C7)ccn5)C4)CC3)no2)C(C)C)cc1. The maximum Gasteiger partial charge on any atom is 0.254 e. The number of carbonyl (C=O) groups is 2. The summed E-state index contributed by atoms with van der Waals surface area (Å²) in [6.07, 6.45) is 7.44. The van der Waals surface area contributed by atoms with E-state index in [9.17, 15) is 14.7 Å². The van der Waals surface area contributed by atoms with Gasteiger partial charge in [-0.15, -0.1) is 21.5 Å². The van der Waals surface area contributed by atoms with E-state index in [0.717, 1.165) is 109 Å². The highest BCUT2D eigenvalue weighted by Gasteiger charge is 2.44. The highest BCUT2D eigenvalue weighted by Crippen LogP contribution is 2.40. The fraction of sp³-hybridized carbons (Fsp3) is 0.491. The van der Waals surface area contributed by atoms with E-state index in [1.54, 1.807) is 17.4 Å². The van der Waals surface area contributed by atoms with Gasteiger partial charge in [-0.05, 0) is 73.9 Å². The molecular formula is C57H69N11O7S. The summed E-state index contributed by atoms with van der Waals surface area (Å²) < 4.78 is 24.8. The molecule has 1 aliphatic carbocycles. The van der Waals surface area contributed by atoms with E-state index in [1.165, 1.54) is 4.90 Å². The molecule has 6 aromatic rings. The normalized spacial score (nSPS) is 23.6. The Balaban J connectivity index is 0.600. The van der Waals surface area contributed by atoms with E-state index in [2.05, 4.69) is 63.5 Å². The summed E-state index contributed by atoms with van der Waals surface area (Å²) in [5.41, 5.74) is 15.2. The van der Waals surface area contributed by atoms with Crippen LogP contribution in [0.1, 0.15) is 94.7 Å². The summed E-state index contributed by atoms with van der Waals surface area (Å²) in [4.78, 5) is 46.9. The fourth-order valence-electron chi connectivity index (χ4n) is 11.9. The molecule has 4 aromatic heterocycles. The number of pyridine rings is 1. The molecule has 0 radical (unpaired) electrons. The molecule has 5 aliphatic rings. The van der Waals surface area contributed by atoms with Crippen molar-refractivity contribution < 1.29 is 33.4 Å². The number of aromatic nitrogens is 5. The van der Waals surface area contributed by atoms with Crippen molar-refractivity contribution in [2.75, 3.05) is 61.4 Å². The van der Waals surface area contributed by atoms with E-state index in [4.69, 9.17) is 24.5 Å². The lowest BCUT2D eigenvalue weighted by atomic mass is 9.91. The number of nitrogens with two attached hydrogens (primary N) is 1. The number of aliphatic hydroxyl groups excluding tert-OH is 1. The first kappa shape index (κ1) is 51.4. The number of rotatable bonds is 18. The molecule has 8 heterocycles. The van der Waals surface area contributed by atoms with Gasteiger partial charge in [-0.25, -0.2) is 9.97 Å². The number of benzene rings is 2. The molecule has 2 bridgehead atoms. The van der Waals surface area contributed by atoms with Gasteiger partial charge in [0.25, 0.3) is 5.88 Å². The van der Waals surface area contributed by atoms with E-state index in [-0.39, 0.29) is 55.1 Å². The molecule has 18 nitrogen and oxygen atoms in total. The number of aryl methyl sites for hydroxylation is 1. The number of aliphatic hydroxyl groups is 1. The molecule has 2 amide bonds. The number of amides is 2. The first-order valence-corrected chi connectivity index (χ1v) is 27.9. The number of thiazole rings is 1. The number of β-amino-alcohol motifs (C(OH)–C–C–N with tert-alkyl or cyclic N) is 1. The van der Waals surface area contributed by atoms with Gasteiger partial charge in [0.2, 0.25) is 17.7 Å². The number of hydrogen-bond donors (Lipinski definition) is 3. The third-order valence-electron chi connectivity index (χ3n) is 16.0. The maximum atomic E-state index is 14.2. The van der Waals surface area contributed by atoms with Crippen molar-refractivity contribution in [2.45, 2.75) is 127 Å². The quantitative estimate of drug-likeness (QED) is 0.0763. The smallest absolute Gasteiger partial charge is 0.254 e. The van der Waals surface area contributed by atoms with Crippen molar-refractivity contribution in [2.24, 2.45) is 5.92 Å². The number of nitrogens with zero attached hydrogens (tertiary/aromatic N) is 9. The Morgan fingerprint density at radius 2 is 1.62 bits per heavy atom. The molecule has 5 fully saturated rings. The molecule has 400 valence electrons. The van der Waals surface area contributed by atoms with Crippen LogP contribution in [-0.2, 0) is 14.3 Å². The Labute approximate surface area is 447 Å². The number of nitrogens with one attached hydrogen (secondary N) is 1. The van der Waals surface area contributed by atoms with E-state index < -0.39 is 18.1 Å². The monoisotopic (exact) mass is 1050 g/mol. The molecule has 19 heteroatoms. The second-order valence-corrected chi connectivity index (χ2v) is 22.4. The van der Waals surface area contributed by atoms with Crippen LogP contribution in [0.2, 0.25) is 0 Å². The van der Waals surface area contributed by atoms with Crippen molar-refractivity contribution in [3.8, 4) is 33.5 Å². The lowest BCUT2D eigenvalue weighted by Gasteiger charge is -2.43. The summed E-state index contributed by atoms with van der Waals surface area (Å²) in [5.74, 6) is 0.313. The average Bonchev–Trinajstić information content (AvgIpc) is 4.22. The number of likely N-dealkylation sites (tertiary alicyclic amines) is 2. The van der Waals surface area contributed by atoms with E-state index in [1.807, 2.05) is 94.0 Å². The molecule has 11 rings (SSSR count). The minimum atomic E-state index is -0.825. The van der Waals surface area contributed by atoms with Crippen LogP contribution in [0.25, 0.3) is 21.7 Å². The van der Waals surface area contributed by atoms with Gasteiger partial charge in [0.05, 0.1) is 51.8 Å². The molecule has 4 saturated heterocycles. The molecule has 76 heavy (non-hydrogen) atoms. The third-order valence-corrected chi connectivity index (χ3v) is 17.0. The number of ether oxygens (including phenoxy) is 3. The number of anilines is 3. The van der Waals surface area contributed by atoms with Crippen LogP contribution in [0.15, 0.2) is 95.1 Å². The first-order chi connectivity index (χ1) is 36.9. The van der Waals surface area contributed by atoms with Crippen LogP contribution in [0, 0.1) is 12.8 Å². The number of nitrogen functional groups attached to an aromatic ring is 1. The van der Waals surface area contributed by atoms with Gasteiger partial charge in [-0.1, -0.05) is 68.4 Å². The zero-order chi connectivity index (χ0) is 52.5. The fourth-order valence-corrected chi connectivity index (χ4v) is 12.7. The van der Waals surface area contributed by atoms with Crippen LogP contribution in [0.4, 0.5) is 17.2 Å². The first-order valence-electron chi connectivity index (χ1n) is 27.0. The van der Waals surface area contributed by atoms with E-state index >= 15 is 0 Å². The molecule has 0 spiro atoms. The van der Waals surface area contributed by atoms with Gasteiger partial charge in [0.1, 0.15) is 24.7 Å². The van der Waals surface area contributed by atoms with Crippen LogP contribution >= 0.6 is 11.3 Å². The van der Waals surface area contributed by atoms with Gasteiger partial charge in [-0.3, -0.25) is 14.5 Å². The Morgan fingerprint density at radius 3 is 2.34 bits per heavy atom. The van der Waals surface area contributed by atoms with Crippen molar-refractivity contribution >= 4 is 40.3 Å². The number of piperidine rings is 1. The predicted octanol–water partition coefficient (Wildman–Crippen LogP) is 7.45. The van der Waals surface area contributed by atoms with Crippen LogP contribution in [-0.4, -0.2) is 140 Å². The van der Waals surface area contributed by atoms with Gasteiger partial charge >= 0.3 is 0 Å². The Hall–Kier alpha value is -6.67. The summed E-state index contributed by atoms with van der Waals surface area (Å²) in [6, 6.07) is 25.7. The average molecular weight is 1050 g/mol. The molecule has 6 atom stereocenters. The zero-order valence-electron chi connectivity index (χ0n) is 43.7. The van der Waals surface area contributed by atoms with Gasteiger partial charge in [0, 0.05) is 100 Å². The highest BCUT2D eigenvalue weighted by molar-refractivity contribution is 7.13. The summed E-state index contributed by atoms with van der Waals surface area (Å²) in [5, 5.41) is 26.7. The predicted molar refractivity (Wildman–Crippen MR) is 290 cm³/mol. The minimum absolute atomic E-state index is 0.0569. The van der Waals surface area contributed by atoms with Gasteiger partial charge in [0.15, 0.2) is 11.6 Å². The second-order valence-electron chi connectivity index (χ2n) is 21.6. The molecule has 4 aliphatic heterocycles. The molecule has 4 N–H and O–H groups in total. The molecule has 2 aromatic carbocycles. The van der Waals surface area contributed by atoms with E-state index in [0.29, 0.717) is 48.6 Å². The summed E-state index contributed by atoms with van der Waals surface area (Å²) in [6.45, 7) is 12.5. The van der Waals surface area contributed by atoms with Crippen LogP contribution < -0.4 is 30.3 Å². The number of hydrogen-bond acceptors (Lipinski definition) is 17. The van der Waals surface area contributed by atoms with Gasteiger partial charge < -0.3 is 49.6 Å². The lowest BCUT2D eigenvalue weighted by Crippen LogP contribution is -2.54. The molecule has 2 unspecified atom stereocenters.